The Bertz CT molecular complexity index is 376. The molecule has 1 atom stereocenters. The Hall–Kier alpha value is -0.540. The number of rotatable bonds is 2. The van der Waals surface area contributed by atoms with Gasteiger partial charge in [-0.3, -0.25) is 0 Å². The molecule has 16 heavy (non-hydrogen) atoms. The van der Waals surface area contributed by atoms with Crippen LogP contribution in [0.1, 0.15) is 12.8 Å². The van der Waals surface area contributed by atoms with Gasteiger partial charge in [0.2, 0.25) is 0 Å². The van der Waals surface area contributed by atoms with Gasteiger partial charge in [-0.25, -0.2) is 0 Å². The van der Waals surface area contributed by atoms with Crippen molar-refractivity contribution >= 4 is 21.6 Å². The molecule has 0 aromatic heterocycles. The van der Waals surface area contributed by atoms with E-state index in [4.69, 9.17) is 0 Å². The molecule has 1 aliphatic heterocycles. The summed E-state index contributed by atoms with van der Waals surface area (Å²) >= 11 is 3.64. The summed E-state index contributed by atoms with van der Waals surface area (Å²) < 4.78 is 1.21. The molecule has 86 valence electrons. The average molecular weight is 281 g/mol. The molecule has 1 unspecified atom stereocenters. The zero-order valence-electron chi connectivity index (χ0n) is 9.32. The minimum absolute atomic E-state index is 0.709. The Morgan fingerprint density at radius 1 is 1.25 bits per heavy atom. The number of halogens is 1. The van der Waals surface area contributed by atoms with E-state index < -0.39 is 0 Å². The number of piperazine rings is 1. The molecule has 0 amide bonds. The predicted octanol–water partition coefficient (Wildman–Crippen LogP) is 2.64. The fourth-order valence-electron chi connectivity index (χ4n) is 2.52. The molecular weight excluding hydrogens is 264 g/mol. The first-order valence-electron chi connectivity index (χ1n) is 6.07. The molecule has 3 rings (SSSR count). The van der Waals surface area contributed by atoms with Crippen LogP contribution in [0.4, 0.5) is 5.69 Å². The SMILES string of the molecule is Brc1ccccc1N1CCNC(C2CC2)C1. The fourth-order valence-corrected chi connectivity index (χ4v) is 3.06. The van der Waals surface area contributed by atoms with Gasteiger partial charge in [-0.1, -0.05) is 12.1 Å². The van der Waals surface area contributed by atoms with Crippen LogP contribution in [0.15, 0.2) is 28.7 Å². The van der Waals surface area contributed by atoms with Gasteiger partial charge in [-0.15, -0.1) is 0 Å². The molecule has 2 fully saturated rings. The molecular formula is C13H17BrN2. The normalized spacial score (nSPS) is 25.8. The van der Waals surface area contributed by atoms with Crippen molar-refractivity contribution in [1.82, 2.24) is 5.32 Å². The Kier molecular flexibility index (Phi) is 2.90. The lowest BCUT2D eigenvalue weighted by atomic mass is 10.1. The molecule has 0 radical (unpaired) electrons. The van der Waals surface area contributed by atoms with E-state index >= 15 is 0 Å². The van der Waals surface area contributed by atoms with Gasteiger partial charge in [0.1, 0.15) is 0 Å². The van der Waals surface area contributed by atoms with Crippen molar-refractivity contribution in [3.8, 4) is 0 Å². The summed E-state index contributed by atoms with van der Waals surface area (Å²) in [5.74, 6) is 0.935. The third-order valence-corrected chi connectivity index (χ3v) is 4.26. The quantitative estimate of drug-likeness (QED) is 0.896. The van der Waals surface area contributed by atoms with Crippen molar-refractivity contribution in [3.63, 3.8) is 0 Å². The summed E-state index contributed by atoms with van der Waals surface area (Å²) in [6.07, 6.45) is 2.84. The van der Waals surface area contributed by atoms with Crippen LogP contribution in [0, 0.1) is 5.92 Å². The first-order chi connectivity index (χ1) is 7.84. The van der Waals surface area contributed by atoms with Crippen LogP contribution in [0.2, 0.25) is 0 Å². The van der Waals surface area contributed by atoms with E-state index in [1.165, 1.54) is 23.0 Å². The third kappa shape index (κ3) is 2.11. The maximum atomic E-state index is 3.64. The molecule has 1 saturated heterocycles. The van der Waals surface area contributed by atoms with Gasteiger partial charge in [0, 0.05) is 30.1 Å². The molecule has 1 aliphatic carbocycles. The molecule has 1 N–H and O–H groups in total. The van der Waals surface area contributed by atoms with Crippen molar-refractivity contribution in [2.45, 2.75) is 18.9 Å². The van der Waals surface area contributed by atoms with Gasteiger partial charge in [-0.05, 0) is 46.8 Å². The highest BCUT2D eigenvalue weighted by Gasteiger charge is 2.34. The number of anilines is 1. The largest absolute Gasteiger partial charge is 0.368 e. The summed E-state index contributed by atoms with van der Waals surface area (Å²) in [5.41, 5.74) is 1.34. The molecule has 1 aromatic rings. The standard InChI is InChI=1S/C13H17BrN2/c14-11-3-1-2-4-13(11)16-8-7-15-12(9-16)10-5-6-10/h1-4,10,12,15H,5-9H2. The zero-order valence-corrected chi connectivity index (χ0v) is 10.9. The summed E-state index contributed by atoms with van der Waals surface area (Å²) in [5, 5.41) is 3.64. The summed E-state index contributed by atoms with van der Waals surface area (Å²) in [4.78, 5) is 2.50. The minimum Gasteiger partial charge on any atom is -0.368 e. The van der Waals surface area contributed by atoms with Gasteiger partial charge in [0.15, 0.2) is 0 Å². The highest BCUT2D eigenvalue weighted by molar-refractivity contribution is 9.10. The Morgan fingerprint density at radius 3 is 2.81 bits per heavy atom. The van der Waals surface area contributed by atoms with Crippen LogP contribution >= 0.6 is 15.9 Å². The maximum absolute atomic E-state index is 3.64. The van der Waals surface area contributed by atoms with Gasteiger partial charge >= 0.3 is 0 Å². The lowest BCUT2D eigenvalue weighted by Gasteiger charge is -2.36. The molecule has 2 aliphatic rings. The van der Waals surface area contributed by atoms with Crippen LogP contribution in [-0.2, 0) is 0 Å². The van der Waals surface area contributed by atoms with E-state index in [9.17, 15) is 0 Å². The second-order valence-corrected chi connectivity index (χ2v) is 5.65. The van der Waals surface area contributed by atoms with Gasteiger partial charge in [0.05, 0.1) is 5.69 Å². The van der Waals surface area contributed by atoms with Crippen molar-refractivity contribution in [2.75, 3.05) is 24.5 Å². The van der Waals surface area contributed by atoms with Gasteiger partial charge in [-0.2, -0.15) is 0 Å². The Labute approximate surface area is 105 Å². The van der Waals surface area contributed by atoms with E-state index in [2.05, 4.69) is 50.4 Å². The molecule has 1 saturated carbocycles. The Balaban J connectivity index is 1.76. The van der Waals surface area contributed by atoms with Crippen molar-refractivity contribution in [3.05, 3.63) is 28.7 Å². The third-order valence-electron chi connectivity index (χ3n) is 3.59. The van der Waals surface area contributed by atoms with Gasteiger partial charge in [0.25, 0.3) is 0 Å². The number of benzene rings is 1. The Morgan fingerprint density at radius 2 is 2.06 bits per heavy atom. The average Bonchev–Trinajstić information content (AvgIpc) is 3.14. The van der Waals surface area contributed by atoms with E-state index in [0.717, 1.165) is 25.6 Å². The lowest BCUT2D eigenvalue weighted by Crippen LogP contribution is -2.51. The fraction of sp³-hybridized carbons (Fsp3) is 0.538. The number of nitrogens with zero attached hydrogens (tertiary/aromatic N) is 1. The molecule has 3 heteroatoms. The van der Waals surface area contributed by atoms with Crippen LogP contribution in [0.25, 0.3) is 0 Å². The molecule has 1 heterocycles. The van der Waals surface area contributed by atoms with E-state index in [0.29, 0.717) is 6.04 Å². The lowest BCUT2D eigenvalue weighted by molar-refractivity contribution is 0.418. The van der Waals surface area contributed by atoms with Crippen molar-refractivity contribution in [2.24, 2.45) is 5.92 Å². The minimum atomic E-state index is 0.709. The molecule has 2 nitrogen and oxygen atoms in total. The second-order valence-electron chi connectivity index (χ2n) is 4.80. The first-order valence-corrected chi connectivity index (χ1v) is 6.87. The number of nitrogens with one attached hydrogen (secondary N) is 1. The van der Waals surface area contributed by atoms with E-state index in [1.54, 1.807) is 0 Å². The topological polar surface area (TPSA) is 15.3 Å². The zero-order chi connectivity index (χ0) is 11.0. The highest BCUT2D eigenvalue weighted by atomic mass is 79.9. The molecule has 0 spiro atoms. The van der Waals surface area contributed by atoms with Crippen molar-refractivity contribution in [1.29, 1.82) is 0 Å². The van der Waals surface area contributed by atoms with Gasteiger partial charge < -0.3 is 10.2 Å². The summed E-state index contributed by atoms with van der Waals surface area (Å²) in [7, 11) is 0. The number of hydrogen-bond acceptors (Lipinski definition) is 2. The predicted molar refractivity (Wildman–Crippen MR) is 70.9 cm³/mol. The van der Waals surface area contributed by atoms with Crippen molar-refractivity contribution < 1.29 is 0 Å². The highest BCUT2D eigenvalue weighted by Crippen LogP contribution is 2.35. The smallest absolute Gasteiger partial charge is 0.0511 e. The monoisotopic (exact) mass is 280 g/mol. The number of para-hydroxylation sites is 1. The molecule has 0 bridgehead atoms. The van der Waals surface area contributed by atoms with Crippen LogP contribution in [0.5, 0.6) is 0 Å². The maximum Gasteiger partial charge on any atom is 0.0511 e. The second kappa shape index (κ2) is 4.38. The van der Waals surface area contributed by atoms with Crippen LogP contribution < -0.4 is 10.2 Å². The first kappa shape index (κ1) is 10.6. The number of hydrogen-bond donors (Lipinski definition) is 1. The van der Waals surface area contributed by atoms with E-state index in [1.807, 2.05) is 0 Å². The molecule has 1 aromatic carbocycles. The van der Waals surface area contributed by atoms with Crippen LogP contribution in [-0.4, -0.2) is 25.7 Å². The van der Waals surface area contributed by atoms with Crippen LogP contribution in [0.3, 0.4) is 0 Å². The summed E-state index contributed by atoms with van der Waals surface area (Å²) in [6, 6.07) is 9.24. The summed E-state index contributed by atoms with van der Waals surface area (Å²) in [6.45, 7) is 3.39. The van der Waals surface area contributed by atoms with E-state index in [-0.39, 0.29) is 0 Å².